The van der Waals surface area contributed by atoms with E-state index in [1.54, 1.807) is 49.4 Å². The maximum absolute atomic E-state index is 12.4. The second-order valence-corrected chi connectivity index (χ2v) is 7.84. The fourth-order valence-electron chi connectivity index (χ4n) is 2.16. The zero-order valence-corrected chi connectivity index (χ0v) is 13.9. The molecule has 0 N–H and O–H groups in total. The van der Waals surface area contributed by atoms with Crippen LogP contribution in [0.1, 0.15) is 6.92 Å². The number of thioether (sulfide) groups is 1. The van der Waals surface area contributed by atoms with E-state index in [0.717, 1.165) is 11.8 Å². The molecule has 2 aromatic rings. The van der Waals surface area contributed by atoms with Crippen LogP contribution in [-0.2, 0) is 14.8 Å². The zero-order chi connectivity index (χ0) is 16.4. The van der Waals surface area contributed by atoms with E-state index in [2.05, 4.69) is 4.40 Å². The summed E-state index contributed by atoms with van der Waals surface area (Å²) < 4.78 is 28.8. The standard InChI is InChI=1S/C16H14N2O3S2/c1-12-15(19)18(13-8-4-2-5-9-13)16(22-12)17-23(20,21)14-10-6-3-7-11-14/h2-12H,1H3/t12-/m0/s1. The maximum Gasteiger partial charge on any atom is 0.284 e. The number of benzene rings is 2. The van der Waals surface area contributed by atoms with E-state index in [1.807, 2.05) is 6.07 Å². The highest BCUT2D eigenvalue weighted by Crippen LogP contribution is 2.32. The lowest BCUT2D eigenvalue weighted by Gasteiger charge is -2.15. The minimum absolute atomic E-state index is 0.105. The Hall–Kier alpha value is -2.12. The number of sulfonamides is 1. The average molecular weight is 346 g/mol. The average Bonchev–Trinajstić information content (AvgIpc) is 2.82. The van der Waals surface area contributed by atoms with Crippen molar-refractivity contribution in [1.82, 2.24) is 0 Å². The Morgan fingerprint density at radius 1 is 1.00 bits per heavy atom. The van der Waals surface area contributed by atoms with Crippen molar-refractivity contribution in [1.29, 1.82) is 0 Å². The van der Waals surface area contributed by atoms with Crippen molar-refractivity contribution in [3.63, 3.8) is 0 Å². The smallest absolute Gasteiger partial charge is 0.273 e. The molecule has 0 aliphatic carbocycles. The molecular formula is C16H14N2O3S2. The first-order valence-corrected chi connectivity index (χ1v) is 9.27. The summed E-state index contributed by atoms with van der Waals surface area (Å²) in [6.45, 7) is 1.74. The van der Waals surface area contributed by atoms with Gasteiger partial charge in [0.15, 0.2) is 5.17 Å². The molecule has 0 aromatic heterocycles. The Morgan fingerprint density at radius 3 is 2.17 bits per heavy atom. The van der Waals surface area contributed by atoms with Crippen molar-refractivity contribution in [2.45, 2.75) is 17.1 Å². The van der Waals surface area contributed by atoms with Crippen LogP contribution in [0.15, 0.2) is 70.0 Å². The van der Waals surface area contributed by atoms with E-state index in [-0.39, 0.29) is 21.2 Å². The highest BCUT2D eigenvalue weighted by Gasteiger charge is 2.37. The molecule has 0 radical (unpaired) electrons. The zero-order valence-electron chi connectivity index (χ0n) is 12.3. The number of rotatable bonds is 3. The third kappa shape index (κ3) is 3.16. The quantitative estimate of drug-likeness (QED) is 0.857. The predicted molar refractivity (Wildman–Crippen MR) is 92.0 cm³/mol. The number of amidine groups is 1. The summed E-state index contributed by atoms with van der Waals surface area (Å²) >= 11 is 1.15. The third-order valence-corrected chi connectivity index (χ3v) is 5.73. The Labute approximate surface area is 139 Å². The number of amides is 1. The van der Waals surface area contributed by atoms with Crippen molar-refractivity contribution in [2.75, 3.05) is 4.90 Å². The van der Waals surface area contributed by atoms with E-state index in [9.17, 15) is 13.2 Å². The number of hydrogen-bond donors (Lipinski definition) is 0. The fourth-order valence-corrected chi connectivity index (χ4v) is 4.35. The molecule has 1 aliphatic rings. The molecule has 7 heteroatoms. The van der Waals surface area contributed by atoms with Crippen LogP contribution in [0, 0.1) is 0 Å². The first-order valence-electron chi connectivity index (χ1n) is 6.95. The molecule has 23 heavy (non-hydrogen) atoms. The van der Waals surface area contributed by atoms with Gasteiger partial charge in [-0.15, -0.1) is 4.40 Å². The normalized spacial score (nSPS) is 20.2. The van der Waals surface area contributed by atoms with Crippen molar-refractivity contribution in [2.24, 2.45) is 4.40 Å². The van der Waals surface area contributed by atoms with Crippen LogP contribution in [0.4, 0.5) is 5.69 Å². The Balaban J connectivity index is 2.05. The molecule has 118 valence electrons. The SMILES string of the molecule is C[C@@H]1SC(=NS(=O)(=O)c2ccccc2)N(c2ccccc2)C1=O. The number of hydrogen-bond acceptors (Lipinski definition) is 4. The summed E-state index contributed by atoms with van der Waals surface area (Å²) in [4.78, 5) is 13.8. The summed E-state index contributed by atoms with van der Waals surface area (Å²) in [5.74, 6) is -0.178. The van der Waals surface area contributed by atoms with Crippen LogP contribution in [0.25, 0.3) is 0 Å². The molecule has 0 bridgehead atoms. The lowest BCUT2D eigenvalue weighted by molar-refractivity contribution is -0.116. The van der Waals surface area contributed by atoms with Gasteiger partial charge < -0.3 is 0 Å². The summed E-state index contributed by atoms with van der Waals surface area (Å²) in [5, 5.41) is -0.197. The van der Waals surface area contributed by atoms with E-state index >= 15 is 0 Å². The molecule has 1 fully saturated rings. The molecule has 1 atom stereocenters. The minimum atomic E-state index is -3.86. The molecule has 0 unspecified atom stereocenters. The Kier molecular flexibility index (Phi) is 4.23. The van der Waals surface area contributed by atoms with Crippen LogP contribution >= 0.6 is 11.8 Å². The second-order valence-electron chi connectivity index (χ2n) is 4.93. The first-order chi connectivity index (χ1) is 11.0. The lowest BCUT2D eigenvalue weighted by atomic mass is 10.3. The monoisotopic (exact) mass is 346 g/mol. The number of carbonyl (C=O) groups is 1. The molecule has 5 nitrogen and oxygen atoms in total. The molecule has 1 amide bonds. The highest BCUT2D eigenvalue weighted by molar-refractivity contribution is 8.16. The highest BCUT2D eigenvalue weighted by atomic mass is 32.2. The molecule has 3 rings (SSSR count). The Morgan fingerprint density at radius 2 is 1.57 bits per heavy atom. The van der Waals surface area contributed by atoms with Gasteiger partial charge in [0.25, 0.3) is 10.0 Å². The van der Waals surface area contributed by atoms with E-state index in [0.29, 0.717) is 5.69 Å². The van der Waals surface area contributed by atoms with Gasteiger partial charge in [0.1, 0.15) is 0 Å². The van der Waals surface area contributed by atoms with E-state index in [1.165, 1.54) is 17.0 Å². The van der Waals surface area contributed by atoms with Gasteiger partial charge in [-0.2, -0.15) is 8.42 Å². The van der Waals surface area contributed by atoms with Gasteiger partial charge in [-0.05, 0) is 31.2 Å². The summed E-state index contributed by atoms with van der Waals surface area (Å²) in [7, 11) is -3.86. The first kappa shape index (κ1) is 15.8. The van der Waals surface area contributed by atoms with Crippen LogP contribution in [-0.4, -0.2) is 24.7 Å². The summed E-state index contributed by atoms with van der Waals surface area (Å²) in [6.07, 6.45) is 0. The largest absolute Gasteiger partial charge is 0.284 e. The lowest BCUT2D eigenvalue weighted by Crippen LogP contribution is -2.31. The van der Waals surface area contributed by atoms with Gasteiger partial charge in [0.2, 0.25) is 5.91 Å². The van der Waals surface area contributed by atoms with Gasteiger partial charge >= 0.3 is 0 Å². The molecule has 0 saturated carbocycles. The van der Waals surface area contributed by atoms with Crippen molar-refractivity contribution in [3.8, 4) is 0 Å². The Bertz CT molecular complexity index is 849. The molecule has 0 spiro atoms. The van der Waals surface area contributed by atoms with E-state index < -0.39 is 10.0 Å². The van der Waals surface area contributed by atoms with Crippen LogP contribution in [0.5, 0.6) is 0 Å². The van der Waals surface area contributed by atoms with Crippen molar-refractivity contribution < 1.29 is 13.2 Å². The molecular weight excluding hydrogens is 332 g/mol. The third-order valence-electron chi connectivity index (χ3n) is 3.30. The number of anilines is 1. The molecule has 1 saturated heterocycles. The molecule has 2 aromatic carbocycles. The predicted octanol–water partition coefficient (Wildman–Crippen LogP) is 2.90. The van der Waals surface area contributed by atoms with Gasteiger partial charge in [-0.3, -0.25) is 9.69 Å². The van der Waals surface area contributed by atoms with Crippen molar-refractivity contribution >= 4 is 38.5 Å². The van der Waals surface area contributed by atoms with E-state index in [4.69, 9.17) is 0 Å². The molecule has 1 heterocycles. The molecule has 1 aliphatic heterocycles. The van der Waals surface area contributed by atoms with Gasteiger partial charge in [0.05, 0.1) is 15.8 Å². The van der Waals surface area contributed by atoms with Crippen LogP contribution in [0.3, 0.4) is 0 Å². The van der Waals surface area contributed by atoms with Gasteiger partial charge in [0, 0.05) is 0 Å². The van der Waals surface area contributed by atoms with Crippen LogP contribution < -0.4 is 4.90 Å². The number of para-hydroxylation sites is 1. The minimum Gasteiger partial charge on any atom is -0.273 e. The topological polar surface area (TPSA) is 66.8 Å². The fraction of sp³-hybridized carbons (Fsp3) is 0.125. The maximum atomic E-state index is 12.4. The summed E-state index contributed by atoms with van der Waals surface area (Å²) in [6, 6.07) is 16.9. The number of carbonyl (C=O) groups excluding carboxylic acids is 1. The second kappa shape index (κ2) is 6.17. The van der Waals surface area contributed by atoms with Crippen LogP contribution in [0.2, 0.25) is 0 Å². The number of nitrogens with zero attached hydrogens (tertiary/aromatic N) is 2. The summed E-state index contributed by atoms with van der Waals surface area (Å²) in [5.41, 5.74) is 0.608. The van der Waals surface area contributed by atoms with Crippen molar-refractivity contribution in [3.05, 3.63) is 60.7 Å². The van der Waals surface area contributed by atoms with Gasteiger partial charge in [-0.1, -0.05) is 48.2 Å². The van der Waals surface area contributed by atoms with Gasteiger partial charge in [-0.25, -0.2) is 0 Å².